The Balaban J connectivity index is 2.03. The van der Waals surface area contributed by atoms with Gasteiger partial charge in [-0.1, -0.05) is 33.6 Å². The first kappa shape index (κ1) is 16.6. The summed E-state index contributed by atoms with van der Waals surface area (Å²) < 4.78 is 23.5. The van der Waals surface area contributed by atoms with Gasteiger partial charge in [-0.05, 0) is 12.3 Å². The van der Waals surface area contributed by atoms with Crippen LogP contribution in [0.4, 0.5) is 0 Å². The minimum atomic E-state index is -0.108. The van der Waals surface area contributed by atoms with Gasteiger partial charge in [-0.15, -0.1) is 0 Å². The molecule has 0 aromatic rings. The number of hydrogen-bond acceptors (Lipinski definition) is 4. The molecule has 0 N–H and O–H groups in total. The van der Waals surface area contributed by atoms with Gasteiger partial charge >= 0.3 is 0 Å². The second kappa shape index (κ2) is 8.05. The highest BCUT2D eigenvalue weighted by atomic mass is 31.1. The van der Waals surface area contributed by atoms with Crippen molar-refractivity contribution in [3.05, 3.63) is 0 Å². The molecule has 3 unspecified atom stereocenters. The molecule has 20 heavy (non-hydrogen) atoms. The highest BCUT2D eigenvalue weighted by Gasteiger charge is 2.39. The molecule has 2 aliphatic rings. The second-order valence-corrected chi connectivity index (χ2v) is 7.10. The van der Waals surface area contributed by atoms with Crippen LogP contribution in [0.15, 0.2) is 0 Å². The Morgan fingerprint density at radius 3 is 2.45 bits per heavy atom. The summed E-state index contributed by atoms with van der Waals surface area (Å²) in [5, 5.41) is 0. The average molecular weight is 304 g/mol. The molecule has 2 aliphatic heterocycles. The third kappa shape index (κ3) is 4.38. The van der Waals surface area contributed by atoms with E-state index in [9.17, 15) is 0 Å². The molecule has 118 valence electrons. The van der Waals surface area contributed by atoms with Crippen LogP contribution in [0.2, 0.25) is 0 Å². The summed E-state index contributed by atoms with van der Waals surface area (Å²) in [7, 11) is 0.168. The molecule has 4 nitrogen and oxygen atoms in total. The molecule has 0 aromatic heterocycles. The molecule has 0 aromatic carbocycles. The molecular formula is C15H29O4P. The van der Waals surface area contributed by atoms with Gasteiger partial charge in [-0.25, -0.2) is 0 Å². The predicted molar refractivity (Wildman–Crippen MR) is 81.1 cm³/mol. The number of ether oxygens (including phenoxy) is 2. The summed E-state index contributed by atoms with van der Waals surface area (Å²) in [4.78, 5) is 0. The van der Waals surface area contributed by atoms with E-state index in [2.05, 4.69) is 20.8 Å². The standard InChI is InChI=1S/C15H29O4P/c1-4-6-13-7-14(12(3)5-2)17-9-15(8-16-13)10-18-20-19-11-15/h12-14,20H,4-11H2,1-3H3. The minimum Gasteiger partial charge on any atom is -0.377 e. The first-order valence-corrected chi connectivity index (χ1v) is 8.72. The van der Waals surface area contributed by atoms with Crippen LogP contribution < -0.4 is 0 Å². The molecule has 2 saturated heterocycles. The summed E-state index contributed by atoms with van der Waals surface area (Å²) in [6.07, 6.45) is 5.02. The topological polar surface area (TPSA) is 36.9 Å². The molecule has 2 heterocycles. The third-order valence-electron chi connectivity index (χ3n) is 4.49. The van der Waals surface area contributed by atoms with Crippen LogP contribution >= 0.6 is 9.03 Å². The van der Waals surface area contributed by atoms with Crippen molar-refractivity contribution in [2.75, 3.05) is 26.4 Å². The van der Waals surface area contributed by atoms with Crippen molar-refractivity contribution in [2.45, 2.75) is 58.7 Å². The van der Waals surface area contributed by atoms with E-state index in [1.54, 1.807) is 0 Å². The Hall–Kier alpha value is 0.270. The zero-order valence-corrected chi connectivity index (χ0v) is 14.0. The summed E-state index contributed by atoms with van der Waals surface area (Å²) in [5.41, 5.74) is -0.108. The van der Waals surface area contributed by atoms with Crippen molar-refractivity contribution in [1.82, 2.24) is 0 Å². The van der Waals surface area contributed by atoms with Crippen molar-refractivity contribution in [2.24, 2.45) is 11.3 Å². The molecule has 0 saturated carbocycles. The Kier molecular flexibility index (Phi) is 6.70. The summed E-state index contributed by atoms with van der Waals surface area (Å²) in [6, 6.07) is 0. The molecule has 0 amide bonds. The lowest BCUT2D eigenvalue weighted by molar-refractivity contribution is -0.156. The van der Waals surface area contributed by atoms with Crippen molar-refractivity contribution in [3.63, 3.8) is 0 Å². The SMILES string of the molecule is CCCC1CC(C(C)CC)OCC2(COPOC2)CO1. The van der Waals surface area contributed by atoms with E-state index in [4.69, 9.17) is 18.5 Å². The maximum atomic E-state index is 6.27. The lowest BCUT2D eigenvalue weighted by Gasteiger charge is -2.41. The van der Waals surface area contributed by atoms with E-state index in [0.29, 0.717) is 38.4 Å². The number of rotatable bonds is 4. The van der Waals surface area contributed by atoms with Gasteiger partial charge in [-0.2, -0.15) is 0 Å². The van der Waals surface area contributed by atoms with Crippen LogP contribution in [0.1, 0.15) is 46.5 Å². The maximum Gasteiger partial charge on any atom is 0.155 e. The largest absolute Gasteiger partial charge is 0.377 e. The molecule has 2 fully saturated rings. The van der Waals surface area contributed by atoms with Crippen LogP contribution in [-0.4, -0.2) is 38.6 Å². The van der Waals surface area contributed by atoms with Gasteiger partial charge in [0, 0.05) is 6.42 Å². The smallest absolute Gasteiger partial charge is 0.155 e. The normalized spacial score (nSPS) is 38.5. The molecule has 0 radical (unpaired) electrons. The molecule has 0 bridgehead atoms. The van der Waals surface area contributed by atoms with Crippen LogP contribution in [0, 0.1) is 11.3 Å². The molecule has 2 rings (SSSR count). The minimum absolute atomic E-state index is 0.108. The van der Waals surface area contributed by atoms with Gasteiger partial charge in [0.25, 0.3) is 0 Å². The molecule has 5 heteroatoms. The molecule has 0 aliphatic carbocycles. The van der Waals surface area contributed by atoms with Crippen LogP contribution in [0.3, 0.4) is 0 Å². The van der Waals surface area contributed by atoms with E-state index in [0.717, 1.165) is 25.7 Å². The molecule has 1 spiro atoms. The first-order chi connectivity index (χ1) is 9.69. The third-order valence-corrected chi connectivity index (χ3v) is 5.01. The number of hydrogen-bond donors (Lipinski definition) is 0. The van der Waals surface area contributed by atoms with E-state index < -0.39 is 0 Å². The van der Waals surface area contributed by atoms with Gasteiger partial charge < -0.3 is 18.5 Å². The first-order valence-electron chi connectivity index (χ1n) is 7.91. The molecule has 3 atom stereocenters. The lowest BCUT2D eigenvalue weighted by Crippen LogP contribution is -2.47. The van der Waals surface area contributed by atoms with Crippen molar-refractivity contribution in [1.29, 1.82) is 0 Å². The monoisotopic (exact) mass is 304 g/mol. The van der Waals surface area contributed by atoms with Gasteiger partial charge in [0.05, 0.1) is 44.1 Å². The van der Waals surface area contributed by atoms with E-state index in [1.165, 1.54) is 0 Å². The molecular weight excluding hydrogens is 275 g/mol. The predicted octanol–water partition coefficient (Wildman–Crippen LogP) is 3.55. The summed E-state index contributed by atoms with van der Waals surface area (Å²) in [5.74, 6) is 0.570. The zero-order valence-electron chi connectivity index (χ0n) is 13.0. The fourth-order valence-corrected chi connectivity index (χ4v) is 3.63. The Labute approximate surface area is 124 Å². The van der Waals surface area contributed by atoms with Crippen LogP contribution in [-0.2, 0) is 18.5 Å². The Morgan fingerprint density at radius 1 is 1.10 bits per heavy atom. The Bertz CT molecular complexity index is 281. The lowest BCUT2D eigenvalue weighted by atomic mass is 9.89. The zero-order chi connectivity index (χ0) is 14.4. The second-order valence-electron chi connectivity index (χ2n) is 6.35. The van der Waals surface area contributed by atoms with Gasteiger partial charge in [0.1, 0.15) is 0 Å². The van der Waals surface area contributed by atoms with Crippen molar-refractivity contribution in [3.8, 4) is 0 Å². The van der Waals surface area contributed by atoms with Gasteiger partial charge in [-0.3, -0.25) is 0 Å². The van der Waals surface area contributed by atoms with E-state index >= 15 is 0 Å². The highest BCUT2D eigenvalue weighted by molar-refractivity contribution is 7.26. The quantitative estimate of drug-likeness (QED) is 0.744. The summed E-state index contributed by atoms with van der Waals surface area (Å²) in [6.45, 7) is 9.48. The fourth-order valence-electron chi connectivity index (χ4n) is 2.81. The fraction of sp³-hybridized carbons (Fsp3) is 1.00. The van der Waals surface area contributed by atoms with Crippen molar-refractivity contribution < 1.29 is 18.5 Å². The summed E-state index contributed by atoms with van der Waals surface area (Å²) >= 11 is 0. The average Bonchev–Trinajstić information content (AvgIpc) is 2.47. The van der Waals surface area contributed by atoms with Gasteiger partial charge in [0.15, 0.2) is 9.03 Å². The van der Waals surface area contributed by atoms with E-state index in [1.807, 2.05) is 0 Å². The van der Waals surface area contributed by atoms with Gasteiger partial charge in [0.2, 0.25) is 0 Å². The highest BCUT2D eigenvalue weighted by Crippen LogP contribution is 2.36. The Morgan fingerprint density at radius 2 is 1.80 bits per heavy atom. The van der Waals surface area contributed by atoms with Crippen LogP contribution in [0.5, 0.6) is 0 Å². The van der Waals surface area contributed by atoms with Crippen molar-refractivity contribution >= 4 is 9.03 Å². The van der Waals surface area contributed by atoms with E-state index in [-0.39, 0.29) is 20.6 Å². The van der Waals surface area contributed by atoms with Crippen LogP contribution in [0.25, 0.3) is 0 Å². The maximum absolute atomic E-state index is 6.27.